The molecular formula is C13H15FN4OS. The monoisotopic (exact) mass is 294 g/mol. The molecule has 0 bridgehead atoms. The van der Waals surface area contributed by atoms with Gasteiger partial charge in [0.2, 0.25) is 5.16 Å². The molecule has 0 saturated carbocycles. The average molecular weight is 294 g/mol. The summed E-state index contributed by atoms with van der Waals surface area (Å²) in [5, 5.41) is 8.57. The molecular weight excluding hydrogens is 279 g/mol. The van der Waals surface area contributed by atoms with Gasteiger partial charge in [0.05, 0.1) is 11.7 Å². The zero-order valence-corrected chi connectivity index (χ0v) is 11.6. The summed E-state index contributed by atoms with van der Waals surface area (Å²) in [7, 11) is 0. The van der Waals surface area contributed by atoms with Gasteiger partial charge in [0.25, 0.3) is 0 Å². The number of rotatable bonds is 4. The molecule has 0 aliphatic carbocycles. The van der Waals surface area contributed by atoms with Gasteiger partial charge in [-0.3, -0.25) is 0 Å². The molecule has 1 aromatic carbocycles. The fraction of sp³-hybridized carbons (Fsp3) is 0.385. The van der Waals surface area contributed by atoms with Crippen molar-refractivity contribution in [2.75, 3.05) is 18.2 Å². The standard InChI is InChI=1S/C13H15FN4OS/c14-11-6-2-1-5-10(11)12-16-17-13(18(12)15)20-8-9-4-3-7-19-9/h1-2,5-6,9H,3-4,7-8,15H2. The zero-order chi connectivity index (χ0) is 13.9. The minimum absolute atomic E-state index is 0.244. The van der Waals surface area contributed by atoms with E-state index in [0.717, 1.165) is 25.2 Å². The number of hydrogen-bond acceptors (Lipinski definition) is 5. The lowest BCUT2D eigenvalue weighted by molar-refractivity contribution is 0.129. The van der Waals surface area contributed by atoms with Crippen molar-refractivity contribution in [3.63, 3.8) is 0 Å². The summed E-state index contributed by atoms with van der Waals surface area (Å²) in [4.78, 5) is 0. The number of aromatic nitrogens is 3. The number of halogens is 1. The first-order chi connectivity index (χ1) is 9.75. The number of hydrogen-bond donors (Lipinski definition) is 1. The second-order valence-corrected chi connectivity index (χ2v) is 5.59. The number of nitrogen functional groups attached to an aromatic ring is 1. The molecule has 3 rings (SSSR count). The second-order valence-electron chi connectivity index (χ2n) is 4.60. The topological polar surface area (TPSA) is 66.0 Å². The number of benzene rings is 1. The van der Waals surface area contributed by atoms with Crippen molar-refractivity contribution >= 4 is 11.8 Å². The first kappa shape index (κ1) is 13.4. The normalized spacial score (nSPS) is 18.6. The van der Waals surface area contributed by atoms with Gasteiger partial charge in [0.1, 0.15) is 5.82 Å². The van der Waals surface area contributed by atoms with Crippen LogP contribution in [-0.4, -0.2) is 33.3 Å². The number of thioether (sulfide) groups is 1. The summed E-state index contributed by atoms with van der Waals surface area (Å²) in [6, 6.07) is 6.38. The zero-order valence-electron chi connectivity index (χ0n) is 10.8. The van der Waals surface area contributed by atoms with E-state index >= 15 is 0 Å². The van der Waals surface area contributed by atoms with Crippen LogP contribution in [0.3, 0.4) is 0 Å². The fourth-order valence-corrected chi connectivity index (χ4v) is 3.07. The molecule has 2 aromatic rings. The maximum Gasteiger partial charge on any atom is 0.210 e. The Bertz CT molecular complexity index is 598. The van der Waals surface area contributed by atoms with Gasteiger partial charge < -0.3 is 10.6 Å². The summed E-state index contributed by atoms with van der Waals surface area (Å²) >= 11 is 1.48. The number of ether oxygens (including phenoxy) is 1. The largest absolute Gasteiger partial charge is 0.377 e. The van der Waals surface area contributed by atoms with E-state index in [1.807, 2.05) is 0 Å². The second kappa shape index (κ2) is 5.80. The Morgan fingerprint density at radius 3 is 3.00 bits per heavy atom. The van der Waals surface area contributed by atoms with Crippen LogP contribution in [-0.2, 0) is 4.74 Å². The van der Waals surface area contributed by atoms with E-state index in [9.17, 15) is 4.39 Å². The third kappa shape index (κ3) is 2.64. The molecule has 2 heterocycles. The molecule has 1 saturated heterocycles. The predicted octanol–water partition coefficient (Wildman–Crippen LogP) is 2.07. The molecule has 2 N–H and O–H groups in total. The third-order valence-electron chi connectivity index (χ3n) is 3.20. The van der Waals surface area contributed by atoms with Gasteiger partial charge in [-0.05, 0) is 25.0 Å². The van der Waals surface area contributed by atoms with Crippen LogP contribution in [0.2, 0.25) is 0 Å². The molecule has 106 valence electrons. The molecule has 5 nitrogen and oxygen atoms in total. The molecule has 1 aliphatic rings. The molecule has 1 fully saturated rings. The highest BCUT2D eigenvalue weighted by molar-refractivity contribution is 7.99. The Morgan fingerprint density at radius 1 is 1.40 bits per heavy atom. The first-order valence-corrected chi connectivity index (χ1v) is 7.44. The minimum Gasteiger partial charge on any atom is -0.377 e. The Labute approximate surface area is 120 Å². The highest BCUT2D eigenvalue weighted by atomic mass is 32.2. The molecule has 7 heteroatoms. The van der Waals surface area contributed by atoms with E-state index in [4.69, 9.17) is 10.6 Å². The van der Waals surface area contributed by atoms with Gasteiger partial charge in [0, 0.05) is 12.4 Å². The van der Waals surface area contributed by atoms with Gasteiger partial charge in [-0.2, -0.15) is 0 Å². The highest BCUT2D eigenvalue weighted by Gasteiger charge is 2.19. The van der Waals surface area contributed by atoms with Crippen LogP contribution in [0.1, 0.15) is 12.8 Å². The molecule has 0 amide bonds. The quantitative estimate of drug-likeness (QED) is 0.690. The first-order valence-electron chi connectivity index (χ1n) is 6.45. The summed E-state index contributed by atoms with van der Waals surface area (Å²) in [5.41, 5.74) is 0.353. The summed E-state index contributed by atoms with van der Waals surface area (Å²) in [5.74, 6) is 6.71. The van der Waals surface area contributed by atoms with Crippen LogP contribution >= 0.6 is 11.8 Å². The highest BCUT2D eigenvalue weighted by Crippen LogP contribution is 2.26. The fourth-order valence-electron chi connectivity index (χ4n) is 2.14. The van der Waals surface area contributed by atoms with Gasteiger partial charge in [-0.1, -0.05) is 23.9 Å². The lowest BCUT2D eigenvalue weighted by Gasteiger charge is -2.08. The van der Waals surface area contributed by atoms with E-state index in [2.05, 4.69) is 10.2 Å². The van der Waals surface area contributed by atoms with E-state index in [1.165, 1.54) is 22.5 Å². The van der Waals surface area contributed by atoms with Gasteiger partial charge in [0.15, 0.2) is 5.82 Å². The van der Waals surface area contributed by atoms with E-state index in [1.54, 1.807) is 18.2 Å². The molecule has 1 aliphatic heterocycles. The SMILES string of the molecule is Nn1c(SCC2CCCO2)nnc1-c1ccccc1F. The molecule has 1 aromatic heterocycles. The van der Waals surface area contributed by atoms with Crippen molar-refractivity contribution in [1.29, 1.82) is 0 Å². The number of nitrogens with two attached hydrogens (primary N) is 1. The van der Waals surface area contributed by atoms with Crippen molar-refractivity contribution in [2.24, 2.45) is 0 Å². The Balaban J connectivity index is 1.76. The van der Waals surface area contributed by atoms with Crippen LogP contribution in [0.15, 0.2) is 29.4 Å². The Morgan fingerprint density at radius 2 is 2.25 bits per heavy atom. The summed E-state index contributed by atoms with van der Waals surface area (Å²) < 4.78 is 20.6. The summed E-state index contributed by atoms with van der Waals surface area (Å²) in [6.45, 7) is 0.820. The maximum absolute atomic E-state index is 13.7. The lowest BCUT2D eigenvalue weighted by Crippen LogP contribution is -2.14. The van der Waals surface area contributed by atoms with Crippen molar-refractivity contribution in [3.05, 3.63) is 30.1 Å². The predicted molar refractivity (Wildman–Crippen MR) is 75.3 cm³/mol. The van der Waals surface area contributed by atoms with Gasteiger partial charge in [-0.25, -0.2) is 9.07 Å². The summed E-state index contributed by atoms with van der Waals surface area (Å²) in [6.07, 6.45) is 2.40. The molecule has 20 heavy (non-hydrogen) atoms. The van der Waals surface area contributed by atoms with Crippen molar-refractivity contribution < 1.29 is 9.13 Å². The Hall–Kier alpha value is -1.60. The van der Waals surface area contributed by atoms with Crippen molar-refractivity contribution in [2.45, 2.75) is 24.1 Å². The maximum atomic E-state index is 13.7. The molecule has 1 unspecified atom stereocenters. The van der Waals surface area contributed by atoms with Gasteiger partial charge >= 0.3 is 0 Å². The van der Waals surface area contributed by atoms with Crippen LogP contribution in [0.4, 0.5) is 4.39 Å². The molecule has 0 spiro atoms. The van der Waals surface area contributed by atoms with E-state index in [-0.39, 0.29) is 11.9 Å². The van der Waals surface area contributed by atoms with Crippen LogP contribution < -0.4 is 5.84 Å². The van der Waals surface area contributed by atoms with Crippen LogP contribution in [0, 0.1) is 5.82 Å². The minimum atomic E-state index is -0.359. The van der Waals surface area contributed by atoms with E-state index in [0.29, 0.717) is 16.5 Å². The Kier molecular flexibility index (Phi) is 3.88. The third-order valence-corrected chi connectivity index (χ3v) is 4.28. The lowest BCUT2D eigenvalue weighted by atomic mass is 10.2. The average Bonchev–Trinajstić information content (AvgIpc) is 3.07. The molecule has 1 atom stereocenters. The number of nitrogens with zero attached hydrogens (tertiary/aromatic N) is 3. The van der Waals surface area contributed by atoms with Crippen LogP contribution in [0.5, 0.6) is 0 Å². The van der Waals surface area contributed by atoms with Crippen molar-refractivity contribution in [3.8, 4) is 11.4 Å². The van der Waals surface area contributed by atoms with Crippen molar-refractivity contribution in [1.82, 2.24) is 14.9 Å². The van der Waals surface area contributed by atoms with Crippen LogP contribution in [0.25, 0.3) is 11.4 Å². The molecule has 0 radical (unpaired) electrons. The van der Waals surface area contributed by atoms with E-state index < -0.39 is 0 Å². The smallest absolute Gasteiger partial charge is 0.210 e. The van der Waals surface area contributed by atoms with Gasteiger partial charge in [-0.15, -0.1) is 10.2 Å².